The number of benzene rings is 3. The number of aliphatic hydroxyl groups is 1. The molecule has 3 aromatic carbocycles. The molecule has 0 aliphatic rings. The number of nitrogens with two attached hydrogens (primary N) is 1. The number of aromatic nitrogens is 3. The predicted molar refractivity (Wildman–Crippen MR) is 138 cm³/mol. The molecule has 0 atom stereocenters. The third-order valence-electron chi connectivity index (χ3n) is 6.32. The third kappa shape index (κ3) is 4.71. The molecule has 206 valence electrons. The number of alkyl halides is 6. The average molecular weight is 577 g/mol. The summed E-state index contributed by atoms with van der Waals surface area (Å²) in [5.74, 6) is 0.198. The van der Waals surface area contributed by atoms with Crippen LogP contribution >= 0.6 is 11.3 Å². The van der Waals surface area contributed by atoms with Gasteiger partial charge in [-0.15, -0.1) is 11.3 Å². The first-order valence-electron chi connectivity index (χ1n) is 11.6. The van der Waals surface area contributed by atoms with Crippen LogP contribution in [0.2, 0.25) is 0 Å². The standard InChI is InChI=1S/C27H18F6N4O2S/c28-26(29,30)25(39,27(31,32)33)17-7-9-18(10-8-17)37-22(12-15-4-2-1-3-5-15)35-20-11-6-16(13-19(20)23(37)38)21-14-40-24(34)36-21/h1-11,13-14,39H,12H2,(H2,34,36). The maximum absolute atomic E-state index is 13.8. The first kappa shape index (κ1) is 27.3. The summed E-state index contributed by atoms with van der Waals surface area (Å²) in [6.07, 6.45) is -11.9. The Morgan fingerprint density at radius 3 is 2.10 bits per heavy atom. The minimum absolute atomic E-state index is 0.0379. The van der Waals surface area contributed by atoms with Gasteiger partial charge in [0, 0.05) is 22.9 Å². The summed E-state index contributed by atoms with van der Waals surface area (Å²) in [5.41, 5.74) is 0.727. The van der Waals surface area contributed by atoms with Gasteiger partial charge in [0.1, 0.15) is 5.82 Å². The molecule has 0 unspecified atom stereocenters. The van der Waals surface area contributed by atoms with Crippen LogP contribution in [0.15, 0.2) is 83.0 Å². The van der Waals surface area contributed by atoms with E-state index in [0.717, 1.165) is 22.3 Å². The molecule has 2 aromatic heterocycles. The Morgan fingerprint density at radius 2 is 1.52 bits per heavy atom. The summed E-state index contributed by atoms with van der Waals surface area (Å²) in [6, 6.07) is 16.6. The highest BCUT2D eigenvalue weighted by Gasteiger charge is 2.71. The molecule has 0 bridgehead atoms. The van der Waals surface area contributed by atoms with Crippen molar-refractivity contribution in [2.75, 3.05) is 5.73 Å². The van der Waals surface area contributed by atoms with Gasteiger partial charge in [-0.1, -0.05) is 48.5 Å². The molecule has 3 N–H and O–H groups in total. The predicted octanol–water partition coefficient (Wildman–Crippen LogP) is 5.99. The van der Waals surface area contributed by atoms with Gasteiger partial charge in [-0.05, 0) is 29.8 Å². The first-order chi connectivity index (χ1) is 18.8. The molecule has 40 heavy (non-hydrogen) atoms. The highest BCUT2D eigenvalue weighted by atomic mass is 32.1. The molecule has 0 saturated heterocycles. The Morgan fingerprint density at radius 1 is 0.875 bits per heavy atom. The van der Waals surface area contributed by atoms with Gasteiger partial charge in [-0.2, -0.15) is 26.3 Å². The fourth-order valence-electron chi connectivity index (χ4n) is 4.31. The number of nitrogens with zero attached hydrogens (tertiary/aromatic N) is 3. The van der Waals surface area contributed by atoms with Gasteiger partial charge >= 0.3 is 12.4 Å². The van der Waals surface area contributed by atoms with Gasteiger partial charge in [-0.3, -0.25) is 9.36 Å². The van der Waals surface area contributed by atoms with Crippen LogP contribution < -0.4 is 11.3 Å². The molecule has 0 amide bonds. The van der Waals surface area contributed by atoms with Gasteiger partial charge in [0.15, 0.2) is 5.13 Å². The fourth-order valence-corrected chi connectivity index (χ4v) is 4.89. The summed E-state index contributed by atoms with van der Waals surface area (Å²) >= 11 is 1.21. The van der Waals surface area contributed by atoms with Crippen LogP contribution in [0.4, 0.5) is 31.5 Å². The first-order valence-corrected chi connectivity index (χ1v) is 12.5. The maximum atomic E-state index is 13.8. The molecule has 0 fully saturated rings. The lowest BCUT2D eigenvalue weighted by atomic mass is 9.92. The van der Waals surface area contributed by atoms with E-state index in [9.17, 15) is 36.2 Å². The molecule has 0 aliphatic carbocycles. The van der Waals surface area contributed by atoms with Crippen LogP contribution in [-0.4, -0.2) is 32.0 Å². The van der Waals surface area contributed by atoms with Crippen molar-refractivity contribution in [1.29, 1.82) is 0 Å². The maximum Gasteiger partial charge on any atom is 0.430 e. The van der Waals surface area contributed by atoms with Gasteiger partial charge in [0.05, 0.1) is 22.3 Å². The summed E-state index contributed by atoms with van der Waals surface area (Å²) in [4.78, 5) is 22.6. The average Bonchev–Trinajstić information content (AvgIpc) is 3.34. The van der Waals surface area contributed by atoms with E-state index in [1.807, 2.05) is 0 Å². The Hall–Kier alpha value is -4.23. The van der Waals surface area contributed by atoms with Gasteiger partial charge in [-0.25, -0.2) is 9.97 Å². The van der Waals surface area contributed by atoms with E-state index in [1.54, 1.807) is 53.9 Å². The van der Waals surface area contributed by atoms with Crippen LogP contribution in [0.25, 0.3) is 27.8 Å². The number of halogens is 6. The summed E-state index contributed by atoms with van der Waals surface area (Å²) in [5, 5.41) is 11.9. The van der Waals surface area contributed by atoms with E-state index < -0.39 is 29.1 Å². The van der Waals surface area contributed by atoms with E-state index >= 15 is 0 Å². The molecular weight excluding hydrogens is 558 g/mol. The number of fused-ring (bicyclic) bond motifs is 1. The smallest absolute Gasteiger partial charge is 0.375 e. The van der Waals surface area contributed by atoms with Crippen molar-refractivity contribution in [1.82, 2.24) is 14.5 Å². The second-order valence-corrected chi connectivity index (χ2v) is 9.78. The van der Waals surface area contributed by atoms with E-state index in [-0.39, 0.29) is 23.3 Å². The minimum atomic E-state index is -6.04. The molecule has 0 spiro atoms. The minimum Gasteiger partial charge on any atom is -0.375 e. The number of hydrogen-bond acceptors (Lipinski definition) is 6. The van der Waals surface area contributed by atoms with Crippen molar-refractivity contribution in [2.45, 2.75) is 24.4 Å². The third-order valence-corrected chi connectivity index (χ3v) is 7.00. The van der Waals surface area contributed by atoms with Crippen LogP contribution in [-0.2, 0) is 12.0 Å². The Balaban J connectivity index is 1.70. The van der Waals surface area contributed by atoms with Crippen LogP contribution in [0.1, 0.15) is 17.0 Å². The quantitative estimate of drug-likeness (QED) is 0.251. The van der Waals surface area contributed by atoms with Crippen LogP contribution in [0.3, 0.4) is 0 Å². The molecule has 5 rings (SSSR count). The molecule has 5 aromatic rings. The number of hydrogen-bond donors (Lipinski definition) is 2. The van der Waals surface area contributed by atoms with Crippen LogP contribution in [0.5, 0.6) is 0 Å². The Bertz CT molecular complexity index is 1730. The Kier molecular flexibility index (Phi) is 6.66. The molecule has 13 heteroatoms. The SMILES string of the molecule is Nc1nc(-c2ccc3nc(Cc4ccccc4)n(-c4ccc(C(O)(C(F)(F)F)C(F)(F)F)cc4)c(=O)c3c2)cs1. The molecular formula is C27H18F6N4O2S. The number of nitrogen functional groups attached to an aromatic ring is 1. The Labute approximate surface area is 226 Å². The molecule has 0 saturated carbocycles. The number of thiazole rings is 1. The zero-order valence-electron chi connectivity index (χ0n) is 20.2. The van der Waals surface area contributed by atoms with E-state index in [4.69, 9.17) is 5.73 Å². The highest BCUT2D eigenvalue weighted by molar-refractivity contribution is 7.13. The van der Waals surface area contributed by atoms with Crippen molar-refractivity contribution >= 4 is 27.4 Å². The van der Waals surface area contributed by atoms with E-state index in [0.29, 0.717) is 34.0 Å². The van der Waals surface area contributed by atoms with Crippen molar-refractivity contribution in [3.05, 3.63) is 105 Å². The van der Waals surface area contributed by atoms with Gasteiger partial charge < -0.3 is 10.8 Å². The van der Waals surface area contributed by atoms with E-state index in [2.05, 4.69) is 9.97 Å². The monoisotopic (exact) mass is 576 g/mol. The van der Waals surface area contributed by atoms with Crippen molar-refractivity contribution < 1.29 is 31.4 Å². The summed E-state index contributed by atoms with van der Waals surface area (Å²) < 4.78 is 81.4. The normalized spacial score (nSPS) is 12.7. The molecule has 0 aliphatic heterocycles. The second-order valence-electron chi connectivity index (χ2n) is 8.89. The second kappa shape index (κ2) is 9.75. The molecule has 6 nitrogen and oxygen atoms in total. The lowest BCUT2D eigenvalue weighted by molar-refractivity contribution is -0.376. The largest absolute Gasteiger partial charge is 0.430 e. The van der Waals surface area contributed by atoms with E-state index in [1.165, 1.54) is 11.3 Å². The number of anilines is 1. The fraction of sp³-hybridized carbons (Fsp3) is 0.148. The lowest BCUT2D eigenvalue weighted by Gasteiger charge is -2.32. The van der Waals surface area contributed by atoms with Crippen molar-refractivity contribution in [2.24, 2.45) is 0 Å². The van der Waals surface area contributed by atoms with Gasteiger partial charge in [0.2, 0.25) is 0 Å². The topological polar surface area (TPSA) is 94.0 Å². The molecule has 0 radical (unpaired) electrons. The summed E-state index contributed by atoms with van der Waals surface area (Å²) in [7, 11) is 0. The van der Waals surface area contributed by atoms with Crippen molar-refractivity contribution in [3.63, 3.8) is 0 Å². The number of rotatable bonds is 5. The van der Waals surface area contributed by atoms with Crippen LogP contribution in [0, 0.1) is 0 Å². The zero-order valence-corrected chi connectivity index (χ0v) is 21.0. The lowest BCUT2D eigenvalue weighted by Crippen LogP contribution is -2.53. The highest BCUT2D eigenvalue weighted by Crippen LogP contribution is 2.50. The van der Waals surface area contributed by atoms with Gasteiger partial charge in [0.25, 0.3) is 11.2 Å². The molecule has 2 heterocycles. The van der Waals surface area contributed by atoms with Crippen molar-refractivity contribution in [3.8, 4) is 16.9 Å². The summed E-state index contributed by atoms with van der Waals surface area (Å²) in [6.45, 7) is 0. The zero-order chi connectivity index (χ0) is 28.9.